The van der Waals surface area contributed by atoms with E-state index in [0.29, 0.717) is 12.3 Å². The number of carbonyl (C=O) groups is 1. The topological polar surface area (TPSA) is 55.8 Å². The van der Waals surface area contributed by atoms with Gasteiger partial charge in [-0.05, 0) is 83.3 Å². The lowest BCUT2D eigenvalue weighted by molar-refractivity contribution is -0.154. The number of esters is 1. The molecular weight excluding hydrogens is 536 g/mol. The highest BCUT2D eigenvalue weighted by molar-refractivity contribution is 6.99. The first-order chi connectivity index (χ1) is 19.9. The van der Waals surface area contributed by atoms with Crippen molar-refractivity contribution < 1.29 is 19.1 Å². The lowest BCUT2D eigenvalue weighted by atomic mass is 9.53. The summed E-state index contributed by atoms with van der Waals surface area (Å²) in [6.07, 6.45) is 7.25. The number of aliphatic hydroxyl groups excluding tert-OH is 1. The van der Waals surface area contributed by atoms with Crippen molar-refractivity contribution in [3.8, 4) is 0 Å². The molecule has 2 saturated carbocycles. The smallest absolute Gasteiger partial charge is 0.319 e. The van der Waals surface area contributed by atoms with Crippen molar-refractivity contribution >= 4 is 24.7 Å². The first kappa shape index (κ1) is 30.8. The first-order valence-electron chi connectivity index (χ1n) is 15.9. The number of carbonyl (C=O) groups excluding carboxylic acids is 1. The number of hydrogen-bond acceptors (Lipinski definition) is 4. The molecule has 0 aliphatic heterocycles. The zero-order chi connectivity index (χ0) is 30.3. The first-order valence-corrected chi connectivity index (χ1v) is 17.8. The van der Waals surface area contributed by atoms with Gasteiger partial charge in [-0.1, -0.05) is 108 Å². The molecule has 0 saturated heterocycles. The van der Waals surface area contributed by atoms with Gasteiger partial charge in [-0.15, -0.1) is 0 Å². The van der Waals surface area contributed by atoms with Crippen LogP contribution in [0.15, 0.2) is 83.6 Å². The van der Waals surface area contributed by atoms with Gasteiger partial charge in [0.2, 0.25) is 0 Å². The molecule has 2 aromatic rings. The second-order valence-corrected chi connectivity index (χ2v) is 18.8. The Morgan fingerprint density at radius 3 is 2.10 bits per heavy atom. The van der Waals surface area contributed by atoms with Gasteiger partial charge in [0.05, 0.1) is 24.9 Å². The minimum atomic E-state index is -2.74. The molecule has 3 aliphatic carbocycles. The van der Waals surface area contributed by atoms with Crippen molar-refractivity contribution in [3.63, 3.8) is 0 Å². The Labute approximate surface area is 254 Å². The molecule has 42 heavy (non-hydrogen) atoms. The van der Waals surface area contributed by atoms with E-state index in [1.807, 2.05) is 6.26 Å². The van der Waals surface area contributed by atoms with E-state index in [0.717, 1.165) is 38.5 Å². The third-order valence-electron chi connectivity index (χ3n) is 11.0. The number of rotatable bonds is 6. The van der Waals surface area contributed by atoms with Crippen molar-refractivity contribution in [2.24, 2.45) is 22.7 Å². The number of aliphatic hydroxyl groups is 1. The lowest BCUT2D eigenvalue weighted by Gasteiger charge is -2.51. The van der Waals surface area contributed by atoms with Gasteiger partial charge in [-0.25, -0.2) is 0 Å². The Hall–Kier alpha value is -2.63. The highest BCUT2D eigenvalue weighted by atomic mass is 28.4. The Morgan fingerprint density at radius 1 is 0.976 bits per heavy atom. The number of ether oxygens (including phenoxy) is 1. The van der Waals surface area contributed by atoms with Crippen LogP contribution in [-0.2, 0) is 14.0 Å². The Morgan fingerprint density at radius 2 is 1.57 bits per heavy atom. The van der Waals surface area contributed by atoms with Crippen LogP contribution in [-0.4, -0.2) is 32.6 Å². The van der Waals surface area contributed by atoms with Crippen LogP contribution in [0.3, 0.4) is 0 Å². The van der Waals surface area contributed by atoms with Crippen LogP contribution < -0.4 is 10.4 Å². The summed E-state index contributed by atoms with van der Waals surface area (Å²) in [7, 11) is -1.21. The van der Waals surface area contributed by atoms with Crippen LogP contribution in [0.1, 0.15) is 86.5 Å². The molecule has 0 bridgehead atoms. The summed E-state index contributed by atoms with van der Waals surface area (Å²) < 4.78 is 12.6. The maximum atomic E-state index is 13.4. The van der Waals surface area contributed by atoms with E-state index in [1.54, 1.807) is 0 Å². The molecule has 226 valence electrons. The summed E-state index contributed by atoms with van der Waals surface area (Å²) in [4.78, 5) is 13.4. The second-order valence-electron chi connectivity index (χ2n) is 14.5. The zero-order valence-electron chi connectivity index (χ0n) is 26.7. The molecule has 2 fully saturated rings. The van der Waals surface area contributed by atoms with Gasteiger partial charge in [0.25, 0.3) is 0 Å². The van der Waals surface area contributed by atoms with Gasteiger partial charge >= 0.3 is 14.3 Å². The summed E-state index contributed by atoms with van der Waals surface area (Å²) in [6, 6.07) is 21.4. The summed E-state index contributed by atoms with van der Waals surface area (Å²) in [5.74, 6) is 0.446. The van der Waals surface area contributed by atoms with E-state index < -0.39 is 19.8 Å². The molecule has 0 radical (unpaired) electrons. The van der Waals surface area contributed by atoms with E-state index in [-0.39, 0.29) is 22.3 Å². The number of hydrogen-bond donors (Lipinski definition) is 1. The van der Waals surface area contributed by atoms with E-state index in [9.17, 15) is 9.90 Å². The van der Waals surface area contributed by atoms with E-state index >= 15 is 0 Å². The average molecular weight is 587 g/mol. The Kier molecular flexibility index (Phi) is 8.41. The average Bonchev–Trinajstić information content (AvgIpc) is 3.32. The Balaban J connectivity index is 1.56. The minimum Gasteiger partial charge on any atom is -0.540 e. The molecule has 4 atom stereocenters. The fraction of sp³-hybridized carbons (Fsp3) is 0.541. The molecule has 1 unspecified atom stereocenters. The second kappa shape index (κ2) is 11.5. The summed E-state index contributed by atoms with van der Waals surface area (Å²) in [6.45, 7) is 13.6. The van der Waals surface area contributed by atoms with E-state index in [4.69, 9.17) is 9.16 Å². The van der Waals surface area contributed by atoms with Crippen molar-refractivity contribution in [2.75, 3.05) is 7.11 Å². The Bertz CT molecular complexity index is 1300. The molecular formula is C37H50O4Si. The number of methoxy groups -OCH3 is 1. The monoisotopic (exact) mass is 586 g/mol. The lowest BCUT2D eigenvalue weighted by Crippen LogP contribution is -2.65. The third-order valence-corrected chi connectivity index (χ3v) is 15.9. The third kappa shape index (κ3) is 4.91. The van der Waals surface area contributed by atoms with Crippen LogP contribution >= 0.6 is 0 Å². The van der Waals surface area contributed by atoms with Crippen LogP contribution in [0.4, 0.5) is 0 Å². The molecule has 1 N–H and O–H groups in total. The molecule has 0 amide bonds. The fourth-order valence-corrected chi connectivity index (χ4v) is 13.0. The van der Waals surface area contributed by atoms with Gasteiger partial charge < -0.3 is 14.3 Å². The minimum absolute atomic E-state index is 0.0836. The fourth-order valence-electron chi connectivity index (χ4n) is 8.59. The number of benzene rings is 2. The van der Waals surface area contributed by atoms with E-state index in [1.165, 1.54) is 34.2 Å². The van der Waals surface area contributed by atoms with Crippen molar-refractivity contribution in [1.29, 1.82) is 0 Å². The zero-order valence-corrected chi connectivity index (χ0v) is 27.7. The molecule has 3 aliphatic rings. The SMILES string of the molecule is COC(=O)[C@]12CCC(C(C)C)=C1[C@H]1CCC(=CO[Si](c3ccccc3)(c3ccccc3)C(C)(C)C)CC(O)[C@]1(C)CC2. The normalized spacial score (nSPS) is 29.2. The standard InChI is InChI=1S/C37H50O4Si/c1-26(2)30-20-21-37(34(39)40-7)23-22-36(6)31(33(30)37)19-18-27(24-32(36)38)25-41-42(35(3,4)5,28-14-10-8-11-15-28)29-16-12-9-13-17-29/h8-17,25-26,31-32,38H,18-24H2,1-7H3/t31-,32?,36-,37+/m1/s1. The summed E-state index contributed by atoms with van der Waals surface area (Å²) in [5.41, 5.74) is 3.06. The highest BCUT2D eigenvalue weighted by Gasteiger charge is 2.60. The molecule has 2 aromatic carbocycles. The van der Waals surface area contributed by atoms with Gasteiger partial charge in [-0.3, -0.25) is 4.79 Å². The number of fused-ring (bicyclic) bond motifs is 3. The molecule has 0 heterocycles. The molecule has 5 rings (SSSR count). The van der Waals surface area contributed by atoms with Crippen LogP contribution in [0, 0.1) is 22.7 Å². The van der Waals surface area contributed by atoms with E-state index in [2.05, 4.69) is 102 Å². The van der Waals surface area contributed by atoms with Crippen LogP contribution in [0.25, 0.3) is 0 Å². The van der Waals surface area contributed by atoms with Crippen molar-refractivity contribution in [3.05, 3.63) is 83.6 Å². The maximum absolute atomic E-state index is 13.4. The molecule has 4 nitrogen and oxygen atoms in total. The predicted octanol–water partition coefficient (Wildman–Crippen LogP) is 7.31. The van der Waals surface area contributed by atoms with Gasteiger partial charge in [0, 0.05) is 5.41 Å². The maximum Gasteiger partial charge on any atom is 0.319 e. The quantitative estimate of drug-likeness (QED) is 0.167. The largest absolute Gasteiger partial charge is 0.540 e. The molecule has 0 spiro atoms. The highest BCUT2D eigenvalue weighted by Crippen LogP contribution is 2.64. The van der Waals surface area contributed by atoms with Crippen LogP contribution in [0.5, 0.6) is 0 Å². The van der Waals surface area contributed by atoms with Gasteiger partial charge in [0.1, 0.15) is 0 Å². The summed E-state index contributed by atoms with van der Waals surface area (Å²) >= 11 is 0. The van der Waals surface area contributed by atoms with Crippen molar-refractivity contribution in [2.45, 2.75) is 97.6 Å². The molecule has 0 aromatic heterocycles. The molecule has 5 heteroatoms. The van der Waals surface area contributed by atoms with Crippen molar-refractivity contribution in [1.82, 2.24) is 0 Å². The summed E-state index contributed by atoms with van der Waals surface area (Å²) in [5, 5.41) is 14.3. The van der Waals surface area contributed by atoms with Gasteiger partial charge in [0.15, 0.2) is 0 Å². The van der Waals surface area contributed by atoms with Crippen LogP contribution in [0.2, 0.25) is 5.04 Å². The number of allylic oxidation sites excluding steroid dienone is 1. The van der Waals surface area contributed by atoms with Gasteiger partial charge in [-0.2, -0.15) is 0 Å². The predicted molar refractivity (Wildman–Crippen MR) is 173 cm³/mol.